The lowest BCUT2D eigenvalue weighted by Gasteiger charge is -2.29. The number of amides is 4. The number of nitrogens with zero attached hydrogens (tertiary/aromatic N) is 2. The van der Waals surface area contributed by atoms with Gasteiger partial charge in [0.2, 0.25) is 5.91 Å². The Labute approximate surface area is 189 Å². The lowest BCUT2D eigenvalue weighted by atomic mass is 10.1. The van der Waals surface area contributed by atoms with E-state index < -0.39 is 30.2 Å². The summed E-state index contributed by atoms with van der Waals surface area (Å²) in [4.78, 5) is 40.2. The van der Waals surface area contributed by atoms with Crippen LogP contribution < -0.4 is 20.3 Å². The molecule has 0 spiro atoms. The summed E-state index contributed by atoms with van der Waals surface area (Å²) in [7, 11) is 1.52. The Morgan fingerprint density at radius 1 is 1.21 bits per heavy atom. The summed E-state index contributed by atoms with van der Waals surface area (Å²) in [6, 6.07) is 10.5. The Morgan fingerprint density at radius 2 is 1.97 bits per heavy atom. The topological polar surface area (TPSA) is 100 Å². The third-order valence-corrected chi connectivity index (χ3v) is 5.31. The van der Waals surface area contributed by atoms with Crippen molar-refractivity contribution in [2.45, 2.75) is 0 Å². The van der Waals surface area contributed by atoms with Gasteiger partial charge in [-0.05, 0) is 30.3 Å². The molecule has 2 aromatic carbocycles. The molecule has 9 nitrogen and oxygen atoms in total. The maximum atomic E-state index is 13.7. The number of anilines is 2. The van der Waals surface area contributed by atoms with Crippen molar-refractivity contribution in [1.29, 1.82) is 0 Å². The molecule has 0 radical (unpaired) electrons. The van der Waals surface area contributed by atoms with Crippen molar-refractivity contribution in [3.63, 3.8) is 0 Å². The second-order valence-corrected chi connectivity index (χ2v) is 7.43. The first-order valence-electron chi connectivity index (χ1n) is 10.4. The number of urea groups is 1. The maximum absolute atomic E-state index is 13.7. The highest BCUT2D eigenvalue weighted by atomic mass is 19.1. The third kappa shape index (κ3) is 4.96. The van der Waals surface area contributed by atoms with Gasteiger partial charge in [0.15, 0.2) is 0 Å². The van der Waals surface area contributed by atoms with Gasteiger partial charge >= 0.3 is 6.03 Å². The largest absolute Gasteiger partial charge is 0.496 e. The summed E-state index contributed by atoms with van der Waals surface area (Å²) < 4.78 is 24.6. The molecule has 0 unspecified atom stereocenters. The van der Waals surface area contributed by atoms with E-state index in [-0.39, 0.29) is 11.4 Å². The Hall–Kier alpha value is -3.92. The van der Waals surface area contributed by atoms with Crippen LogP contribution in [0.15, 0.2) is 48.2 Å². The molecule has 172 valence electrons. The number of methoxy groups -OCH3 is 1. The fourth-order valence-corrected chi connectivity index (χ4v) is 3.60. The first-order valence-corrected chi connectivity index (χ1v) is 10.4. The number of ether oxygens (including phenoxy) is 2. The van der Waals surface area contributed by atoms with Crippen LogP contribution in [0.1, 0.15) is 5.56 Å². The van der Waals surface area contributed by atoms with Crippen molar-refractivity contribution in [2.75, 3.05) is 50.2 Å². The van der Waals surface area contributed by atoms with E-state index in [9.17, 15) is 18.8 Å². The lowest BCUT2D eigenvalue weighted by Crippen LogP contribution is -2.38. The van der Waals surface area contributed by atoms with Gasteiger partial charge in [-0.25, -0.2) is 14.1 Å². The molecule has 0 atom stereocenters. The number of carbonyl (C=O) groups excluding carboxylic acids is 3. The smallest absolute Gasteiger partial charge is 0.329 e. The fourth-order valence-electron chi connectivity index (χ4n) is 3.60. The van der Waals surface area contributed by atoms with Crippen LogP contribution in [0.3, 0.4) is 0 Å². The van der Waals surface area contributed by atoms with Gasteiger partial charge in [0.05, 0.1) is 26.0 Å². The van der Waals surface area contributed by atoms with E-state index >= 15 is 0 Å². The van der Waals surface area contributed by atoms with Crippen molar-refractivity contribution in [3.8, 4) is 5.75 Å². The third-order valence-electron chi connectivity index (χ3n) is 5.31. The van der Waals surface area contributed by atoms with Crippen LogP contribution in [-0.4, -0.2) is 62.7 Å². The first kappa shape index (κ1) is 22.3. The number of hydrogen-bond donors (Lipinski definition) is 2. The van der Waals surface area contributed by atoms with Gasteiger partial charge < -0.3 is 25.0 Å². The monoisotopic (exact) mass is 454 g/mol. The summed E-state index contributed by atoms with van der Waals surface area (Å²) in [6.07, 6.45) is 1.50. The van der Waals surface area contributed by atoms with E-state index in [1.807, 2.05) is 12.1 Å². The fraction of sp³-hybridized carbons (Fsp3) is 0.261. The van der Waals surface area contributed by atoms with Crippen LogP contribution in [0.2, 0.25) is 0 Å². The maximum Gasteiger partial charge on any atom is 0.329 e. The number of halogens is 1. The standard InChI is InChI=1S/C23H23FN4O5/c1-32-20-13-16(27-8-10-33-11-9-27)7-6-15(20)12-19-22(30)28(23(31)26-19)14-21(29)25-18-5-3-2-4-17(18)24/h2-7,12-13H,8-11,14H2,1H3,(H,25,29)(H,26,31)/b19-12-. The van der Waals surface area contributed by atoms with Gasteiger partial charge in [0.25, 0.3) is 5.91 Å². The van der Waals surface area contributed by atoms with Crippen molar-refractivity contribution in [3.05, 3.63) is 59.5 Å². The van der Waals surface area contributed by atoms with Crippen LogP contribution in [0.25, 0.3) is 6.08 Å². The quantitative estimate of drug-likeness (QED) is 0.513. The van der Waals surface area contributed by atoms with Crippen LogP contribution in [0, 0.1) is 5.82 Å². The van der Waals surface area contributed by atoms with Crippen LogP contribution in [0.4, 0.5) is 20.6 Å². The van der Waals surface area contributed by atoms with Gasteiger partial charge in [-0.2, -0.15) is 0 Å². The van der Waals surface area contributed by atoms with Crippen molar-refractivity contribution >= 4 is 35.3 Å². The van der Waals surface area contributed by atoms with Gasteiger partial charge in [0.1, 0.15) is 23.8 Å². The highest BCUT2D eigenvalue weighted by Gasteiger charge is 2.35. The molecule has 2 fully saturated rings. The summed E-state index contributed by atoms with van der Waals surface area (Å²) in [5.41, 5.74) is 1.54. The zero-order chi connectivity index (χ0) is 23.4. The number of para-hydroxylation sites is 1. The van der Waals surface area contributed by atoms with Crippen LogP contribution in [-0.2, 0) is 14.3 Å². The predicted octanol–water partition coefficient (Wildman–Crippen LogP) is 2.20. The van der Waals surface area contributed by atoms with Gasteiger partial charge in [-0.1, -0.05) is 12.1 Å². The van der Waals surface area contributed by atoms with E-state index in [1.54, 1.807) is 12.1 Å². The SMILES string of the molecule is COc1cc(N2CCOCC2)ccc1/C=C1\NC(=O)N(CC(=O)Nc2ccccc2F)C1=O. The molecule has 2 heterocycles. The second kappa shape index (κ2) is 9.70. The molecule has 4 amide bonds. The van der Waals surface area contributed by atoms with Crippen molar-refractivity contribution in [2.24, 2.45) is 0 Å². The minimum Gasteiger partial charge on any atom is -0.496 e. The average molecular weight is 454 g/mol. The first-order chi connectivity index (χ1) is 16.0. The summed E-state index contributed by atoms with van der Waals surface area (Å²) >= 11 is 0. The van der Waals surface area contributed by atoms with E-state index in [0.717, 1.165) is 23.7 Å². The van der Waals surface area contributed by atoms with Crippen LogP contribution in [0.5, 0.6) is 5.75 Å². The number of hydrogen-bond acceptors (Lipinski definition) is 6. The second-order valence-electron chi connectivity index (χ2n) is 7.43. The number of morpholine rings is 1. The Balaban J connectivity index is 1.48. The highest BCUT2D eigenvalue weighted by molar-refractivity contribution is 6.16. The number of nitrogens with one attached hydrogen (secondary N) is 2. The molecule has 2 aliphatic rings. The Kier molecular flexibility index (Phi) is 6.55. The Bertz CT molecular complexity index is 1110. The number of benzene rings is 2. The van der Waals surface area contributed by atoms with Crippen LogP contribution >= 0.6 is 0 Å². The molecule has 0 bridgehead atoms. The molecule has 0 saturated carbocycles. The van der Waals surface area contributed by atoms with Gasteiger partial charge in [-0.15, -0.1) is 0 Å². The Morgan fingerprint density at radius 3 is 2.70 bits per heavy atom. The van der Waals surface area contributed by atoms with E-state index in [2.05, 4.69) is 15.5 Å². The molecule has 2 aliphatic heterocycles. The molecule has 2 saturated heterocycles. The molecule has 4 rings (SSSR count). The predicted molar refractivity (Wildman–Crippen MR) is 119 cm³/mol. The molecule has 2 aromatic rings. The molecule has 2 N–H and O–H groups in total. The summed E-state index contributed by atoms with van der Waals surface area (Å²) in [5.74, 6) is -1.44. The average Bonchev–Trinajstić information content (AvgIpc) is 3.08. The molecular weight excluding hydrogens is 431 g/mol. The number of carbonyl (C=O) groups is 3. The molecule has 0 aliphatic carbocycles. The van der Waals surface area contributed by atoms with Crippen molar-refractivity contribution in [1.82, 2.24) is 10.2 Å². The number of imide groups is 1. The summed E-state index contributed by atoms with van der Waals surface area (Å²) in [6.45, 7) is 2.28. The molecular formula is C23H23FN4O5. The number of rotatable bonds is 6. The van der Waals surface area contributed by atoms with E-state index in [4.69, 9.17) is 9.47 Å². The minimum absolute atomic E-state index is 0.0103. The molecule has 33 heavy (non-hydrogen) atoms. The lowest BCUT2D eigenvalue weighted by molar-refractivity contribution is -0.127. The van der Waals surface area contributed by atoms with Gasteiger partial charge in [0, 0.05) is 30.4 Å². The van der Waals surface area contributed by atoms with E-state index in [0.29, 0.717) is 24.5 Å². The van der Waals surface area contributed by atoms with E-state index in [1.165, 1.54) is 31.4 Å². The molecule has 10 heteroatoms. The highest BCUT2D eigenvalue weighted by Crippen LogP contribution is 2.28. The minimum atomic E-state index is -0.737. The molecule has 0 aromatic heterocycles. The zero-order valence-corrected chi connectivity index (χ0v) is 18.0. The summed E-state index contributed by atoms with van der Waals surface area (Å²) in [5, 5.41) is 4.83. The zero-order valence-electron chi connectivity index (χ0n) is 18.0. The normalized spacial score (nSPS) is 17.3. The van der Waals surface area contributed by atoms with Crippen molar-refractivity contribution < 1.29 is 28.2 Å². The van der Waals surface area contributed by atoms with Gasteiger partial charge in [-0.3, -0.25) is 9.59 Å².